The lowest BCUT2D eigenvalue weighted by Crippen LogP contribution is -2.43. The minimum Gasteiger partial charge on any atom is -0.484 e. The van der Waals surface area contributed by atoms with Crippen LogP contribution in [0, 0.1) is 23.0 Å². The number of benzene rings is 1. The van der Waals surface area contributed by atoms with Crippen molar-refractivity contribution in [3.05, 3.63) is 23.8 Å². The Morgan fingerprint density at radius 2 is 2.00 bits per heavy atom. The van der Waals surface area contributed by atoms with Crippen molar-refractivity contribution in [3.8, 4) is 17.6 Å². The van der Waals surface area contributed by atoms with Gasteiger partial charge in [0.2, 0.25) is 5.60 Å². The van der Waals surface area contributed by atoms with Gasteiger partial charge in [-0.2, -0.15) is 5.26 Å². The highest BCUT2D eigenvalue weighted by Crippen LogP contribution is 2.37. The van der Waals surface area contributed by atoms with Crippen molar-refractivity contribution in [2.75, 3.05) is 6.61 Å². The number of nitrogens with zero attached hydrogens (tertiary/aromatic N) is 1. The fraction of sp³-hybridized carbons (Fsp3) is 0.364. The van der Waals surface area contributed by atoms with Gasteiger partial charge in [0.15, 0.2) is 23.1 Å². The lowest BCUT2D eigenvalue weighted by atomic mass is 10.0. The molecule has 1 aromatic rings. The van der Waals surface area contributed by atoms with Gasteiger partial charge in [-0.05, 0) is 0 Å². The molecule has 16 heavy (non-hydrogen) atoms. The van der Waals surface area contributed by atoms with Gasteiger partial charge < -0.3 is 9.47 Å². The summed E-state index contributed by atoms with van der Waals surface area (Å²) in [4.78, 5) is 0. The smallest absolute Gasteiger partial charge is 0.227 e. The molecule has 1 aliphatic heterocycles. The second kappa shape index (κ2) is 3.63. The quantitative estimate of drug-likeness (QED) is 0.737. The average Bonchev–Trinajstić information content (AvgIpc) is 2.30. The second-order valence-corrected chi connectivity index (χ2v) is 3.56. The molecule has 0 spiro atoms. The predicted molar refractivity (Wildman–Crippen MR) is 51.1 cm³/mol. The lowest BCUT2D eigenvalue weighted by Gasteiger charge is -2.32. The summed E-state index contributed by atoms with van der Waals surface area (Å²) in [6, 6.07) is 3.79. The first-order valence-electron chi connectivity index (χ1n) is 4.82. The Bertz CT molecular complexity index is 470. The molecular weight excluding hydrogens is 216 g/mol. The van der Waals surface area contributed by atoms with Crippen molar-refractivity contribution in [1.29, 1.82) is 5.26 Å². The van der Waals surface area contributed by atoms with Crippen molar-refractivity contribution in [2.24, 2.45) is 0 Å². The van der Waals surface area contributed by atoms with Gasteiger partial charge in [0, 0.05) is 18.6 Å². The Hall–Kier alpha value is -1.83. The molecule has 1 atom stereocenters. The average molecular weight is 225 g/mol. The van der Waals surface area contributed by atoms with Crippen molar-refractivity contribution in [2.45, 2.75) is 18.9 Å². The molecule has 1 heterocycles. The van der Waals surface area contributed by atoms with Gasteiger partial charge in [-0.25, -0.2) is 8.78 Å². The third-order valence-electron chi connectivity index (χ3n) is 2.53. The highest BCUT2D eigenvalue weighted by atomic mass is 19.2. The number of fused-ring (bicyclic) bond motifs is 1. The molecule has 0 saturated heterocycles. The summed E-state index contributed by atoms with van der Waals surface area (Å²) in [5, 5.41) is 8.97. The van der Waals surface area contributed by atoms with E-state index in [1.165, 1.54) is 0 Å². The van der Waals surface area contributed by atoms with Gasteiger partial charge in [0.25, 0.3) is 0 Å². The molecule has 0 radical (unpaired) electrons. The Balaban J connectivity index is 2.41. The third kappa shape index (κ3) is 1.56. The van der Waals surface area contributed by atoms with Crippen LogP contribution in [0.4, 0.5) is 8.78 Å². The van der Waals surface area contributed by atoms with Crippen LogP contribution in [-0.4, -0.2) is 12.2 Å². The highest BCUT2D eigenvalue weighted by Gasteiger charge is 2.37. The number of ether oxygens (including phenoxy) is 2. The van der Waals surface area contributed by atoms with Crippen LogP contribution in [0.5, 0.6) is 11.5 Å². The molecule has 84 valence electrons. The number of hydrogen-bond donors (Lipinski definition) is 0. The maximum atomic E-state index is 13.0. The second-order valence-electron chi connectivity index (χ2n) is 3.56. The Labute approximate surface area is 91.2 Å². The SMILES string of the molecule is CC[C@]1(C#N)COc2cc(F)c(F)cc2O1. The molecule has 0 unspecified atom stereocenters. The molecule has 0 bridgehead atoms. The standard InChI is InChI=1S/C11H9F2NO2/c1-2-11(5-14)6-15-9-3-7(12)8(13)4-10(9)16-11/h3-4H,2,6H2,1H3/t11-/m0/s1. The maximum Gasteiger partial charge on any atom is 0.227 e. The molecule has 0 fully saturated rings. The molecule has 3 nitrogen and oxygen atoms in total. The van der Waals surface area contributed by atoms with E-state index in [1.807, 2.05) is 6.07 Å². The normalized spacial score (nSPS) is 22.6. The molecule has 1 aliphatic rings. The first-order valence-corrected chi connectivity index (χ1v) is 4.82. The Morgan fingerprint density at radius 3 is 2.56 bits per heavy atom. The van der Waals surface area contributed by atoms with Crippen LogP contribution in [-0.2, 0) is 0 Å². The van der Waals surface area contributed by atoms with E-state index in [-0.39, 0.29) is 18.1 Å². The van der Waals surface area contributed by atoms with E-state index in [0.29, 0.717) is 6.42 Å². The topological polar surface area (TPSA) is 42.2 Å². The number of halogens is 2. The van der Waals surface area contributed by atoms with Gasteiger partial charge >= 0.3 is 0 Å². The maximum absolute atomic E-state index is 13.0. The Morgan fingerprint density at radius 1 is 1.38 bits per heavy atom. The minimum absolute atomic E-state index is 0.0120. The zero-order valence-electron chi connectivity index (χ0n) is 8.59. The van der Waals surface area contributed by atoms with Crippen LogP contribution in [0.3, 0.4) is 0 Å². The van der Waals surface area contributed by atoms with Gasteiger partial charge in [-0.1, -0.05) is 6.92 Å². The van der Waals surface area contributed by atoms with Gasteiger partial charge in [-0.15, -0.1) is 0 Å². The molecule has 0 saturated carbocycles. The molecule has 0 aromatic heterocycles. The highest BCUT2D eigenvalue weighted by molar-refractivity contribution is 5.43. The van der Waals surface area contributed by atoms with Crippen LogP contribution in [0.2, 0.25) is 0 Å². The van der Waals surface area contributed by atoms with Crippen LogP contribution >= 0.6 is 0 Å². The lowest BCUT2D eigenvalue weighted by molar-refractivity contribution is 0.0320. The Kier molecular flexibility index (Phi) is 2.43. The van der Waals surface area contributed by atoms with Crippen molar-refractivity contribution >= 4 is 0 Å². The van der Waals surface area contributed by atoms with Gasteiger partial charge in [0.05, 0.1) is 0 Å². The van der Waals surface area contributed by atoms with Crippen LogP contribution < -0.4 is 9.47 Å². The molecule has 0 amide bonds. The monoisotopic (exact) mass is 225 g/mol. The van der Waals surface area contributed by atoms with E-state index < -0.39 is 17.2 Å². The fourth-order valence-electron chi connectivity index (χ4n) is 1.45. The van der Waals surface area contributed by atoms with E-state index in [9.17, 15) is 8.78 Å². The summed E-state index contributed by atoms with van der Waals surface area (Å²) in [6.45, 7) is 1.77. The van der Waals surface area contributed by atoms with Crippen molar-refractivity contribution in [3.63, 3.8) is 0 Å². The molecule has 0 aliphatic carbocycles. The summed E-state index contributed by atoms with van der Waals surface area (Å²) in [6.07, 6.45) is 0.405. The zero-order valence-corrected chi connectivity index (χ0v) is 8.59. The fourth-order valence-corrected chi connectivity index (χ4v) is 1.45. The van der Waals surface area contributed by atoms with E-state index in [0.717, 1.165) is 12.1 Å². The number of rotatable bonds is 1. The molecule has 5 heteroatoms. The van der Waals surface area contributed by atoms with Crippen molar-refractivity contribution in [1.82, 2.24) is 0 Å². The van der Waals surface area contributed by atoms with Crippen LogP contribution in [0.1, 0.15) is 13.3 Å². The molecule has 2 rings (SSSR count). The molecule has 0 N–H and O–H groups in total. The zero-order chi connectivity index (χ0) is 11.8. The van der Waals surface area contributed by atoms with E-state index in [4.69, 9.17) is 14.7 Å². The van der Waals surface area contributed by atoms with E-state index >= 15 is 0 Å². The van der Waals surface area contributed by atoms with Crippen molar-refractivity contribution < 1.29 is 18.3 Å². The summed E-state index contributed by atoms with van der Waals surface area (Å²) in [5.41, 5.74) is -1.11. The summed E-state index contributed by atoms with van der Waals surface area (Å²) >= 11 is 0. The molecule has 1 aromatic carbocycles. The third-order valence-corrected chi connectivity index (χ3v) is 2.53. The van der Waals surface area contributed by atoms with Crippen LogP contribution in [0.15, 0.2) is 12.1 Å². The minimum atomic E-state index is -1.11. The largest absolute Gasteiger partial charge is 0.484 e. The summed E-state index contributed by atoms with van der Waals surface area (Å²) < 4.78 is 36.4. The predicted octanol–water partition coefficient (Wildman–Crippen LogP) is 2.41. The summed E-state index contributed by atoms with van der Waals surface area (Å²) in [5.74, 6) is -1.83. The van der Waals surface area contributed by atoms with E-state index in [2.05, 4.69) is 0 Å². The molecular formula is C11H9F2NO2. The summed E-state index contributed by atoms with van der Waals surface area (Å²) in [7, 11) is 0. The van der Waals surface area contributed by atoms with Gasteiger partial charge in [-0.3, -0.25) is 0 Å². The van der Waals surface area contributed by atoms with E-state index in [1.54, 1.807) is 6.92 Å². The van der Waals surface area contributed by atoms with Gasteiger partial charge in [0.1, 0.15) is 12.7 Å². The first-order chi connectivity index (χ1) is 7.60. The first kappa shape index (κ1) is 10.7. The van der Waals surface area contributed by atoms with Crippen LogP contribution in [0.25, 0.3) is 0 Å². The number of hydrogen-bond acceptors (Lipinski definition) is 3. The number of nitriles is 1.